The van der Waals surface area contributed by atoms with E-state index < -0.39 is 16.7 Å². The van der Waals surface area contributed by atoms with Gasteiger partial charge in [0.05, 0.1) is 10.6 Å². The molecule has 0 radical (unpaired) electrons. The Kier molecular flexibility index (Phi) is 5.93. The van der Waals surface area contributed by atoms with Crippen LogP contribution in [-0.2, 0) is 13.6 Å². The minimum atomic E-state index is -0.779. The standard InChI is InChI=1S/C16H23N7O4/c1-6-22-8-11(12(20-22)15(24)17-7-9(2)3)18-16(25)13-14(23(26)27)10(4)21(5)19-13/h8-9H,6-7H2,1-5H3,(H,17,24)(H,18,25). The molecule has 2 aromatic rings. The third-order valence-corrected chi connectivity index (χ3v) is 3.92. The van der Waals surface area contributed by atoms with Crippen LogP contribution in [0.3, 0.4) is 0 Å². The zero-order valence-electron chi connectivity index (χ0n) is 15.9. The van der Waals surface area contributed by atoms with Crippen LogP contribution in [0.5, 0.6) is 0 Å². The number of rotatable bonds is 7. The molecule has 2 amide bonds. The SMILES string of the molecule is CCn1cc(NC(=O)c2nn(C)c(C)c2[N+](=O)[O-])c(C(=O)NCC(C)C)n1. The summed E-state index contributed by atoms with van der Waals surface area (Å²) in [5.41, 5.74) is -0.229. The van der Waals surface area contributed by atoms with Gasteiger partial charge in [-0.3, -0.25) is 29.1 Å². The van der Waals surface area contributed by atoms with Crippen molar-refractivity contribution in [1.82, 2.24) is 24.9 Å². The molecule has 0 spiro atoms. The van der Waals surface area contributed by atoms with Crippen LogP contribution >= 0.6 is 0 Å². The summed E-state index contributed by atoms with van der Waals surface area (Å²) in [6.07, 6.45) is 1.50. The van der Waals surface area contributed by atoms with Crippen molar-refractivity contribution in [2.45, 2.75) is 34.2 Å². The number of nitrogens with one attached hydrogen (secondary N) is 2. The predicted octanol–water partition coefficient (Wildman–Crippen LogP) is 1.49. The highest BCUT2D eigenvalue weighted by Crippen LogP contribution is 2.24. The maximum Gasteiger partial charge on any atom is 0.322 e. The van der Waals surface area contributed by atoms with E-state index in [1.807, 2.05) is 20.8 Å². The molecule has 0 atom stereocenters. The third-order valence-electron chi connectivity index (χ3n) is 3.92. The minimum absolute atomic E-state index is 0.0427. The van der Waals surface area contributed by atoms with E-state index >= 15 is 0 Å². The van der Waals surface area contributed by atoms with Crippen LogP contribution in [0.2, 0.25) is 0 Å². The second-order valence-corrected chi connectivity index (χ2v) is 6.47. The molecular weight excluding hydrogens is 354 g/mol. The Morgan fingerprint density at radius 2 is 1.93 bits per heavy atom. The first kappa shape index (κ1) is 20.1. The Morgan fingerprint density at radius 3 is 2.48 bits per heavy atom. The maximum atomic E-state index is 12.6. The number of carbonyl (C=O) groups is 2. The lowest BCUT2D eigenvalue weighted by Crippen LogP contribution is -2.29. The number of aryl methyl sites for hydroxylation is 2. The summed E-state index contributed by atoms with van der Waals surface area (Å²) in [6, 6.07) is 0. The Hall–Kier alpha value is -3.24. The first-order valence-electron chi connectivity index (χ1n) is 8.50. The molecule has 27 heavy (non-hydrogen) atoms. The summed E-state index contributed by atoms with van der Waals surface area (Å²) in [7, 11) is 1.51. The summed E-state index contributed by atoms with van der Waals surface area (Å²) in [5, 5.41) is 24.6. The van der Waals surface area contributed by atoms with Crippen molar-refractivity contribution in [2.75, 3.05) is 11.9 Å². The molecule has 0 aromatic carbocycles. The molecule has 11 nitrogen and oxygen atoms in total. The Balaban J connectivity index is 2.33. The number of hydrogen-bond donors (Lipinski definition) is 2. The maximum absolute atomic E-state index is 12.6. The normalized spacial score (nSPS) is 10.9. The van der Waals surface area contributed by atoms with Gasteiger partial charge >= 0.3 is 5.69 Å². The van der Waals surface area contributed by atoms with Gasteiger partial charge < -0.3 is 10.6 Å². The Labute approximate surface area is 155 Å². The Bertz CT molecular complexity index is 882. The van der Waals surface area contributed by atoms with E-state index in [-0.39, 0.29) is 34.4 Å². The lowest BCUT2D eigenvalue weighted by Gasteiger charge is -2.07. The van der Waals surface area contributed by atoms with Crippen molar-refractivity contribution >= 4 is 23.2 Å². The highest BCUT2D eigenvalue weighted by molar-refractivity contribution is 6.09. The lowest BCUT2D eigenvalue weighted by atomic mass is 10.2. The van der Waals surface area contributed by atoms with Gasteiger partial charge in [0, 0.05) is 26.3 Å². The topological polar surface area (TPSA) is 137 Å². The van der Waals surface area contributed by atoms with Crippen molar-refractivity contribution in [3.8, 4) is 0 Å². The van der Waals surface area contributed by atoms with E-state index in [2.05, 4.69) is 20.8 Å². The molecule has 0 aliphatic carbocycles. The van der Waals surface area contributed by atoms with Crippen molar-refractivity contribution < 1.29 is 14.5 Å². The van der Waals surface area contributed by atoms with Gasteiger partial charge in [-0.2, -0.15) is 10.2 Å². The van der Waals surface area contributed by atoms with Crippen molar-refractivity contribution in [2.24, 2.45) is 13.0 Å². The molecule has 2 heterocycles. The highest BCUT2D eigenvalue weighted by Gasteiger charge is 2.30. The number of carbonyl (C=O) groups excluding carboxylic acids is 2. The molecule has 0 bridgehead atoms. The molecule has 0 aliphatic heterocycles. The van der Waals surface area contributed by atoms with Gasteiger partial charge in [0.2, 0.25) is 5.69 Å². The quantitative estimate of drug-likeness (QED) is 0.554. The molecule has 146 valence electrons. The number of nitrogens with zero attached hydrogens (tertiary/aromatic N) is 5. The summed E-state index contributed by atoms with van der Waals surface area (Å²) in [4.78, 5) is 35.6. The molecule has 2 rings (SSSR count). The average molecular weight is 377 g/mol. The number of amides is 2. The van der Waals surface area contributed by atoms with Crippen LogP contribution in [0.15, 0.2) is 6.20 Å². The summed E-state index contributed by atoms with van der Waals surface area (Å²) in [6.45, 7) is 8.19. The van der Waals surface area contributed by atoms with Crippen LogP contribution in [0, 0.1) is 23.0 Å². The van der Waals surface area contributed by atoms with Gasteiger partial charge in [-0.25, -0.2) is 0 Å². The monoisotopic (exact) mass is 377 g/mol. The van der Waals surface area contributed by atoms with E-state index in [4.69, 9.17) is 0 Å². The molecule has 0 saturated heterocycles. The number of hydrogen-bond acceptors (Lipinski definition) is 6. The van der Waals surface area contributed by atoms with Crippen molar-refractivity contribution in [3.05, 3.63) is 33.4 Å². The van der Waals surface area contributed by atoms with E-state index in [0.717, 1.165) is 0 Å². The van der Waals surface area contributed by atoms with Crippen LogP contribution in [0.1, 0.15) is 47.4 Å². The fraction of sp³-hybridized carbons (Fsp3) is 0.500. The van der Waals surface area contributed by atoms with E-state index in [9.17, 15) is 19.7 Å². The first-order valence-corrected chi connectivity index (χ1v) is 8.50. The third kappa shape index (κ3) is 4.30. The molecule has 0 aliphatic rings. The zero-order chi connectivity index (χ0) is 20.3. The van der Waals surface area contributed by atoms with Crippen LogP contribution < -0.4 is 10.6 Å². The largest absolute Gasteiger partial charge is 0.350 e. The number of anilines is 1. The average Bonchev–Trinajstić information content (AvgIpc) is 3.14. The predicted molar refractivity (Wildman–Crippen MR) is 97.6 cm³/mol. The van der Waals surface area contributed by atoms with E-state index in [1.165, 1.54) is 29.5 Å². The van der Waals surface area contributed by atoms with E-state index in [0.29, 0.717) is 13.1 Å². The van der Waals surface area contributed by atoms with Gasteiger partial charge in [0.25, 0.3) is 11.8 Å². The van der Waals surface area contributed by atoms with Gasteiger partial charge in [0.1, 0.15) is 5.69 Å². The van der Waals surface area contributed by atoms with Crippen molar-refractivity contribution in [3.63, 3.8) is 0 Å². The van der Waals surface area contributed by atoms with Crippen LogP contribution in [0.4, 0.5) is 11.4 Å². The van der Waals surface area contributed by atoms with Gasteiger partial charge in [-0.05, 0) is 19.8 Å². The summed E-state index contributed by atoms with van der Waals surface area (Å²) in [5.74, 6) is -0.962. The Morgan fingerprint density at radius 1 is 1.26 bits per heavy atom. The molecule has 11 heteroatoms. The fourth-order valence-corrected chi connectivity index (χ4v) is 2.37. The number of aromatic nitrogens is 4. The first-order chi connectivity index (χ1) is 12.6. The summed E-state index contributed by atoms with van der Waals surface area (Å²) >= 11 is 0. The molecule has 2 aromatic heterocycles. The van der Waals surface area contributed by atoms with Gasteiger partial charge in [-0.15, -0.1) is 0 Å². The molecule has 0 fully saturated rings. The zero-order valence-corrected chi connectivity index (χ0v) is 15.9. The summed E-state index contributed by atoms with van der Waals surface area (Å²) < 4.78 is 2.76. The molecular formula is C16H23N7O4. The molecule has 0 saturated carbocycles. The van der Waals surface area contributed by atoms with Gasteiger partial charge in [0.15, 0.2) is 5.69 Å². The van der Waals surface area contributed by atoms with Crippen LogP contribution in [-0.4, -0.2) is 42.8 Å². The molecule has 0 unspecified atom stereocenters. The van der Waals surface area contributed by atoms with Crippen molar-refractivity contribution in [1.29, 1.82) is 0 Å². The second-order valence-electron chi connectivity index (χ2n) is 6.47. The van der Waals surface area contributed by atoms with Gasteiger partial charge in [-0.1, -0.05) is 13.8 Å². The fourth-order valence-electron chi connectivity index (χ4n) is 2.37. The smallest absolute Gasteiger partial charge is 0.322 e. The van der Waals surface area contributed by atoms with Crippen LogP contribution in [0.25, 0.3) is 0 Å². The molecule has 2 N–H and O–H groups in total. The lowest BCUT2D eigenvalue weighted by molar-refractivity contribution is -0.385. The second kappa shape index (κ2) is 7.98. The minimum Gasteiger partial charge on any atom is -0.350 e. The number of nitro groups is 1. The highest BCUT2D eigenvalue weighted by atomic mass is 16.6. The van der Waals surface area contributed by atoms with E-state index in [1.54, 1.807) is 0 Å².